The molecule has 138 valence electrons. The fourth-order valence-corrected chi connectivity index (χ4v) is 3.23. The van der Waals surface area contributed by atoms with E-state index in [-0.39, 0.29) is 17.7 Å². The summed E-state index contributed by atoms with van der Waals surface area (Å²) in [5.74, 6) is 0.698. The smallest absolute Gasteiger partial charge is 0.291 e. The first-order valence-corrected chi connectivity index (χ1v) is 9.21. The Morgan fingerprint density at radius 1 is 1.37 bits per heavy atom. The van der Waals surface area contributed by atoms with E-state index in [1.807, 2.05) is 12.1 Å². The molecule has 3 aromatic rings. The van der Waals surface area contributed by atoms with Gasteiger partial charge in [-0.3, -0.25) is 4.79 Å². The van der Waals surface area contributed by atoms with Gasteiger partial charge in [-0.2, -0.15) is 0 Å². The van der Waals surface area contributed by atoms with Crippen molar-refractivity contribution in [2.75, 3.05) is 6.61 Å². The third kappa shape index (κ3) is 3.56. The number of nitrogens with one attached hydrogen (secondary N) is 1. The molecule has 0 radical (unpaired) electrons. The van der Waals surface area contributed by atoms with Gasteiger partial charge in [0.15, 0.2) is 0 Å². The summed E-state index contributed by atoms with van der Waals surface area (Å²) in [5, 5.41) is 7.52. The minimum atomic E-state index is -0.296. The van der Waals surface area contributed by atoms with Crippen LogP contribution in [0.5, 0.6) is 5.75 Å². The van der Waals surface area contributed by atoms with Gasteiger partial charge >= 0.3 is 0 Å². The van der Waals surface area contributed by atoms with E-state index in [9.17, 15) is 4.79 Å². The van der Waals surface area contributed by atoms with Crippen molar-refractivity contribution in [3.05, 3.63) is 59.5 Å². The first-order chi connectivity index (χ1) is 13.3. The van der Waals surface area contributed by atoms with E-state index >= 15 is 0 Å². The number of nitrogens with zero attached hydrogens (tertiary/aromatic N) is 2. The summed E-state index contributed by atoms with van der Waals surface area (Å²) < 4.78 is 11.0. The van der Waals surface area contributed by atoms with Gasteiger partial charge in [-0.15, -0.1) is 0 Å². The molecule has 0 spiro atoms. The normalized spacial score (nSPS) is 16.3. The number of fused-ring (bicyclic) bond motifs is 2. The van der Waals surface area contributed by atoms with Gasteiger partial charge in [-0.1, -0.05) is 36.7 Å². The number of ether oxygens (including phenoxy) is 1. The van der Waals surface area contributed by atoms with Crippen LogP contribution in [0.15, 0.2) is 47.1 Å². The van der Waals surface area contributed by atoms with Gasteiger partial charge in [-0.05, 0) is 36.2 Å². The molecule has 1 aliphatic rings. The zero-order valence-electron chi connectivity index (χ0n) is 15.1. The maximum absolute atomic E-state index is 12.8. The highest BCUT2D eigenvalue weighted by molar-refractivity contribution is 6.02. The lowest BCUT2D eigenvalue weighted by molar-refractivity contribution is 0.0890. The molecule has 0 fully saturated rings. The van der Waals surface area contributed by atoms with Crippen LogP contribution >= 0.6 is 0 Å². The Labute approximate surface area is 157 Å². The molecule has 6 heteroatoms. The van der Waals surface area contributed by atoms with E-state index in [1.165, 1.54) is 0 Å². The van der Waals surface area contributed by atoms with Crippen molar-refractivity contribution in [1.29, 1.82) is 0 Å². The molecule has 0 saturated heterocycles. The van der Waals surface area contributed by atoms with Crippen LogP contribution in [-0.4, -0.2) is 22.7 Å². The minimum absolute atomic E-state index is 0.141. The van der Waals surface area contributed by atoms with E-state index in [0.717, 1.165) is 29.7 Å². The minimum Gasteiger partial charge on any atom is -0.493 e. The molecule has 1 aliphatic heterocycles. The zero-order chi connectivity index (χ0) is 18.6. The maximum atomic E-state index is 12.8. The molecular formula is C21H21N3O3. The van der Waals surface area contributed by atoms with Crippen molar-refractivity contribution in [2.24, 2.45) is 0 Å². The second-order valence-corrected chi connectivity index (χ2v) is 6.54. The first kappa shape index (κ1) is 17.3. The molecule has 27 heavy (non-hydrogen) atoms. The van der Waals surface area contributed by atoms with Gasteiger partial charge in [0.05, 0.1) is 18.0 Å². The molecule has 1 aromatic carbocycles. The molecule has 1 atom stereocenters. The van der Waals surface area contributed by atoms with Crippen molar-refractivity contribution in [3.8, 4) is 5.75 Å². The Balaban J connectivity index is 1.58. The number of aromatic nitrogens is 2. The third-order valence-electron chi connectivity index (χ3n) is 4.61. The zero-order valence-corrected chi connectivity index (χ0v) is 15.1. The Bertz CT molecular complexity index is 993. The van der Waals surface area contributed by atoms with Crippen LogP contribution in [0.2, 0.25) is 0 Å². The largest absolute Gasteiger partial charge is 0.493 e. The Morgan fingerprint density at radius 2 is 2.30 bits per heavy atom. The van der Waals surface area contributed by atoms with E-state index in [4.69, 9.17) is 9.26 Å². The molecule has 0 bridgehead atoms. The van der Waals surface area contributed by atoms with Crippen LogP contribution in [0.3, 0.4) is 0 Å². The van der Waals surface area contributed by atoms with Gasteiger partial charge < -0.3 is 14.6 Å². The lowest BCUT2D eigenvalue weighted by Gasteiger charge is -2.26. The van der Waals surface area contributed by atoms with Crippen LogP contribution < -0.4 is 10.1 Å². The number of carbonyl (C=O) groups excluding carboxylic acids is 1. The second-order valence-electron chi connectivity index (χ2n) is 6.54. The lowest BCUT2D eigenvalue weighted by Crippen LogP contribution is -2.32. The summed E-state index contributed by atoms with van der Waals surface area (Å²) in [7, 11) is 0. The predicted octanol–water partition coefficient (Wildman–Crippen LogP) is 4.29. The van der Waals surface area contributed by atoms with Crippen LogP contribution in [0.25, 0.3) is 17.1 Å². The van der Waals surface area contributed by atoms with Crippen molar-refractivity contribution in [2.45, 2.75) is 32.2 Å². The highest BCUT2D eigenvalue weighted by Gasteiger charge is 2.26. The third-order valence-corrected chi connectivity index (χ3v) is 4.61. The summed E-state index contributed by atoms with van der Waals surface area (Å²) >= 11 is 0. The molecule has 3 heterocycles. The lowest BCUT2D eigenvalue weighted by atomic mass is 9.97. The van der Waals surface area contributed by atoms with E-state index in [0.29, 0.717) is 24.1 Å². The van der Waals surface area contributed by atoms with Crippen molar-refractivity contribution in [1.82, 2.24) is 15.5 Å². The number of benzene rings is 1. The van der Waals surface area contributed by atoms with Crippen molar-refractivity contribution >= 4 is 23.0 Å². The van der Waals surface area contributed by atoms with Gasteiger partial charge in [0.25, 0.3) is 5.91 Å². The molecule has 6 nitrogen and oxygen atoms in total. The van der Waals surface area contributed by atoms with Crippen LogP contribution in [0.1, 0.15) is 53.9 Å². The Morgan fingerprint density at radius 3 is 3.19 bits per heavy atom. The topological polar surface area (TPSA) is 77.3 Å². The number of amides is 1. The van der Waals surface area contributed by atoms with Crippen LogP contribution in [0, 0.1) is 0 Å². The van der Waals surface area contributed by atoms with E-state index in [1.54, 1.807) is 18.3 Å². The molecule has 0 saturated carbocycles. The second kappa shape index (κ2) is 7.61. The number of pyridine rings is 1. The molecule has 1 amide bonds. The van der Waals surface area contributed by atoms with E-state index < -0.39 is 0 Å². The summed E-state index contributed by atoms with van der Waals surface area (Å²) in [6.45, 7) is 2.71. The number of unbranched alkanes of at least 4 members (excludes halogenated alkanes) is 1. The summed E-state index contributed by atoms with van der Waals surface area (Å²) in [6, 6.07) is 9.47. The molecule has 1 unspecified atom stereocenters. The molecule has 4 rings (SSSR count). The number of rotatable bonds is 5. The maximum Gasteiger partial charge on any atom is 0.291 e. The van der Waals surface area contributed by atoms with Crippen LogP contribution in [0.4, 0.5) is 0 Å². The van der Waals surface area contributed by atoms with E-state index in [2.05, 4.69) is 40.6 Å². The fraction of sp³-hybridized carbons (Fsp3) is 0.286. The number of allylic oxidation sites excluding steroid dienone is 1. The van der Waals surface area contributed by atoms with Gasteiger partial charge in [0.1, 0.15) is 5.75 Å². The number of hydrogen-bond acceptors (Lipinski definition) is 5. The molecule has 0 aliphatic carbocycles. The molecular weight excluding hydrogens is 342 g/mol. The first-order valence-electron chi connectivity index (χ1n) is 9.21. The average molecular weight is 363 g/mol. The summed E-state index contributed by atoms with van der Waals surface area (Å²) in [4.78, 5) is 16.9. The quantitative estimate of drug-likeness (QED) is 0.732. The number of carbonyl (C=O) groups is 1. The molecule has 1 N–H and O–H groups in total. The number of hydrogen-bond donors (Lipinski definition) is 1. The monoisotopic (exact) mass is 363 g/mol. The van der Waals surface area contributed by atoms with Gasteiger partial charge in [-0.25, -0.2) is 4.98 Å². The van der Waals surface area contributed by atoms with Crippen molar-refractivity contribution in [3.63, 3.8) is 0 Å². The molecule has 2 aromatic heterocycles. The summed E-state index contributed by atoms with van der Waals surface area (Å²) in [6.07, 6.45) is 8.74. The predicted molar refractivity (Wildman–Crippen MR) is 103 cm³/mol. The van der Waals surface area contributed by atoms with Gasteiger partial charge in [0.2, 0.25) is 11.4 Å². The van der Waals surface area contributed by atoms with Crippen LogP contribution in [-0.2, 0) is 0 Å². The Hall–Kier alpha value is -3.15. The SMILES string of the molecule is CCC/C=C/c1ccc2c(c1)C(NC(=O)c1onc3ncccc13)CCO2. The summed E-state index contributed by atoms with van der Waals surface area (Å²) in [5.41, 5.74) is 2.51. The standard InChI is InChI=1S/C21H21N3O3/c1-2-3-4-6-14-8-9-18-16(13-14)17(10-12-26-18)23-21(25)19-15-7-5-11-22-20(15)24-27-19/h4-9,11,13,17H,2-3,10,12H2,1H3,(H,23,25)/b6-4+. The van der Waals surface area contributed by atoms with Gasteiger partial charge in [0, 0.05) is 18.2 Å². The highest BCUT2D eigenvalue weighted by atomic mass is 16.5. The van der Waals surface area contributed by atoms with Crippen molar-refractivity contribution < 1.29 is 14.1 Å². The highest BCUT2D eigenvalue weighted by Crippen LogP contribution is 2.33. The fourth-order valence-electron chi connectivity index (χ4n) is 3.23. The Kier molecular flexibility index (Phi) is 4.87. The average Bonchev–Trinajstić information content (AvgIpc) is 3.13.